The van der Waals surface area contributed by atoms with Crippen molar-refractivity contribution in [1.82, 2.24) is 4.57 Å². The molecule has 1 N–H and O–H groups in total. The summed E-state index contributed by atoms with van der Waals surface area (Å²) in [5.74, 6) is -0.598. The van der Waals surface area contributed by atoms with Crippen LogP contribution in [0.3, 0.4) is 0 Å². The molecule has 4 nitrogen and oxygen atoms in total. The Hall–Kier alpha value is -2.99. The highest BCUT2D eigenvalue weighted by Gasteiger charge is 2.22. The Morgan fingerprint density at radius 1 is 1.17 bits per heavy atom. The highest BCUT2D eigenvalue weighted by molar-refractivity contribution is 7.80. The lowest BCUT2D eigenvalue weighted by atomic mass is 10.0. The summed E-state index contributed by atoms with van der Waals surface area (Å²) in [5, 5.41) is 12.6. The van der Waals surface area contributed by atoms with Crippen LogP contribution in [0.4, 0.5) is 4.39 Å². The van der Waals surface area contributed by atoms with E-state index in [-0.39, 0.29) is 11.5 Å². The number of ether oxygens (including phenoxy) is 1. The maximum absolute atomic E-state index is 14.0. The normalized spacial score (nSPS) is 11.3. The maximum atomic E-state index is 14.0. The number of thiol groups is 1. The summed E-state index contributed by atoms with van der Waals surface area (Å²) in [7, 11) is 1.67. The van der Waals surface area contributed by atoms with Gasteiger partial charge in [0.1, 0.15) is 17.3 Å². The summed E-state index contributed by atoms with van der Waals surface area (Å²) in [4.78, 5) is 12.7. The van der Waals surface area contributed by atoms with Crippen molar-refractivity contribution in [2.24, 2.45) is 7.05 Å². The number of rotatable bonds is 6. The molecular formula is C24H22FNO3S. The zero-order valence-electron chi connectivity index (χ0n) is 16.8. The number of carbonyl (C=O) groups is 1. The number of aryl methyl sites for hydroxylation is 3. The van der Waals surface area contributed by atoms with Crippen molar-refractivity contribution < 1.29 is 19.0 Å². The molecule has 4 aromatic rings. The standard InChI is InChI=1S/C24H22FNO3S/c1-14-20(25)10-9-19-18(23(24(27)28)26(2)22(14)19)8-5-11-29-21-13-16(30)12-15-6-3-4-7-17(15)21/h3-4,6-7,9-10,12-13,30H,5,8,11H2,1-2H3,(H,27,28). The number of carboxylic acid groups (broad SMARTS) is 1. The third kappa shape index (κ3) is 3.52. The van der Waals surface area contributed by atoms with Gasteiger partial charge >= 0.3 is 5.97 Å². The summed E-state index contributed by atoms with van der Waals surface area (Å²) in [6, 6.07) is 14.9. The van der Waals surface area contributed by atoms with Gasteiger partial charge < -0.3 is 14.4 Å². The predicted molar refractivity (Wildman–Crippen MR) is 120 cm³/mol. The van der Waals surface area contributed by atoms with Crippen LogP contribution in [0.25, 0.3) is 21.7 Å². The Kier molecular flexibility index (Phi) is 5.43. The van der Waals surface area contributed by atoms with E-state index in [0.717, 1.165) is 26.8 Å². The Morgan fingerprint density at radius 3 is 2.70 bits per heavy atom. The van der Waals surface area contributed by atoms with Crippen molar-refractivity contribution in [3.05, 3.63) is 71.2 Å². The molecule has 0 aliphatic rings. The Labute approximate surface area is 179 Å². The van der Waals surface area contributed by atoms with E-state index in [2.05, 4.69) is 12.6 Å². The number of aromatic carboxylic acids is 1. The van der Waals surface area contributed by atoms with E-state index >= 15 is 0 Å². The van der Waals surface area contributed by atoms with Gasteiger partial charge in [0.15, 0.2) is 0 Å². The first kappa shape index (κ1) is 20.3. The number of nitrogens with zero attached hydrogens (tertiary/aromatic N) is 1. The molecule has 3 aromatic carbocycles. The zero-order valence-corrected chi connectivity index (χ0v) is 17.7. The topological polar surface area (TPSA) is 51.5 Å². The molecule has 0 aliphatic carbocycles. The van der Waals surface area contributed by atoms with Crippen LogP contribution in [-0.4, -0.2) is 22.2 Å². The molecule has 0 fully saturated rings. The van der Waals surface area contributed by atoms with Gasteiger partial charge in [0.25, 0.3) is 0 Å². The third-order valence-electron chi connectivity index (χ3n) is 5.49. The van der Waals surface area contributed by atoms with E-state index in [1.807, 2.05) is 36.4 Å². The van der Waals surface area contributed by atoms with Crippen molar-refractivity contribution in [1.29, 1.82) is 0 Å². The third-order valence-corrected chi connectivity index (χ3v) is 5.74. The van der Waals surface area contributed by atoms with Gasteiger partial charge in [-0.05, 0) is 55.0 Å². The summed E-state index contributed by atoms with van der Waals surface area (Å²) in [5.41, 5.74) is 1.98. The van der Waals surface area contributed by atoms with Crippen LogP contribution in [0.15, 0.2) is 53.4 Å². The Morgan fingerprint density at radius 2 is 1.93 bits per heavy atom. The van der Waals surface area contributed by atoms with E-state index in [1.54, 1.807) is 24.6 Å². The quantitative estimate of drug-likeness (QED) is 0.305. The van der Waals surface area contributed by atoms with Crippen molar-refractivity contribution in [3.8, 4) is 5.75 Å². The number of benzene rings is 3. The number of carboxylic acids is 1. The van der Waals surface area contributed by atoms with Crippen molar-refractivity contribution in [2.75, 3.05) is 6.61 Å². The Bertz CT molecular complexity index is 1280. The van der Waals surface area contributed by atoms with Gasteiger partial charge in [0.05, 0.1) is 12.1 Å². The molecule has 1 heterocycles. The van der Waals surface area contributed by atoms with Crippen LogP contribution < -0.4 is 4.74 Å². The monoisotopic (exact) mass is 423 g/mol. The molecule has 154 valence electrons. The van der Waals surface area contributed by atoms with Gasteiger partial charge in [-0.2, -0.15) is 0 Å². The van der Waals surface area contributed by atoms with Crippen LogP contribution in [0.2, 0.25) is 0 Å². The lowest BCUT2D eigenvalue weighted by Gasteiger charge is -2.11. The maximum Gasteiger partial charge on any atom is 0.352 e. The van der Waals surface area contributed by atoms with Gasteiger partial charge in [-0.15, -0.1) is 12.6 Å². The van der Waals surface area contributed by atoms with E-state index < -0.39 is 5.97 Å². The number of hydrogen-bond donors (Lipinski definition) is 2. The minimum Gasteiger partial charge on any atom is -0.493 e. The molecule has 0 saturated carbocycles. The summed E-state index contributed by atoms with van der Waals surface area (Å²) in [6.07, 6.45) is 1.14. The molecule has 0 unspecified atom stereocenters. The molecule has 6 heteroatoms. The number of fused-ring (bicyclic) bond motifs is 2. The van der Waals surface area contributed by atoms with E-state index in [1.165, 1.54) is 6.07 Å². The largest absolute Gasteiger partial charge is 0.493 e. The highest BCUT2D eigenvalue weighted by Crippen LogP contribution is 2.32. The minimum atomic E-state index is -1.02. The molecule has 0 spiro atoms. The molecule has 4 rings (SSSR count). The second-order valence-corrected chi connectivity index (χ2v) is 7.89. The van der Waals surface area contributed by atoms with Gasteiger partial charge in [0.2, 0.25) is 0 Å². The highest BCUT2D eigenvalue weighted by atomic mass is 32.1. The molecule has 1 aromatic heterocycles. The Balaban J connectivity index is 1.59. The van der Waals surface area contributed by atoms with Gasteiger partial charge in [-0.3, -0.25) is 0 Å². The number of halogens is 1. The van der Waals surface area contributed by atoms with Crippen LogP contribution in [0, 0.1) is 12.7 Å². The summed E-state index contributed by atoms with van der Waals surface area (Å²) >= 11 is 4.45. The lowest BCUT2D eigenvalue weighted by Crippen LogP contribution is -2.08. The second-order valence-electron chi connectivity index (χ2n) is 7.38. The van der Waals surface area contributed by atoms with Crippen molar-refractivity contribution in [2.45, 2.75) is 24.7 Å². The van der Waals surface area contributed by atoms with Crippen LogP contribution >= 0.6 is 12.6 Å². The van der Waals surface area contributed by atoms with Gasteiger partial charge in [-0.25, -0.2) is 9.18 Å². The molecule has 0 amide bonds. The average molecular weight is 424 g/mol. The van der Waals surface area contributed by atoms with Crippen molar-refractivity contribution >= 4 is 40.3 Å². The number of aromatic nitrogens is 1. The molecule has 0 bridgehead atoms. The first-order valence-corrected chi connectivity index (χ1v) is 10.2. The molecule has 0 saturated heterocycles. The summed E-state index contributed by atoms with van der Waals surface area (Å²) < 4.78 is 21.6. The van der Waals surface area contributed by atoms with E-state index in [9.17, 15) is 14.3 Å². The first-order chi connectivity index (χ1) is 14.4. The van der Waals surface area contributed by atoms with Crippen molar-refractivity contribution in [3.63, 3.8) is 0 Å². The average Bonchev–Trinajstić information content (AvgIpc) is 3.00. The minimum absolute atomic E-state index is 0.196. The fourth-order valence-electron chi connectivity index (χ4n) is 4.13. The lowest BCUT2D eigenvalue weighted by molar-refractivity contribution is 0.0685. The molecule has 0 aliphatic heterocycles. The molecule has 0 radical (unpaired) electrons. The molecule has 0 atom stereocenters. The molecular weight excluding hydrogens is 401 g/mol. The fourth-order valence-corrected chi connectivity index (χ4v) is 4.39. The van der Waals surface area contributed by atoms with Crippen LogP contribution in [-0.2, 0) is 13.5 Å². The number of hydrogen-bond acceptors (Lipinski definition) is 3. The van der Waals surface area contributed by atoms with Crippen LogP contribution in [0.5, 0.6) is 5.75 Å². The smallest absolute Gasteiger partial charge is 0.352 e. The zero-order chi connectivity index (χ0) is 21.4. The van der Waals surface area contributed by atoms with Gasteiger partial charge in [-0.1, -0.05) is 24.3 Å². The van der Waals surface area contributed by atoms with E-state index in [0.29, 0.717) is 36.1 Å². The SMILES string of the molecule is Cc1c(F)ccc2c(CCCOc3cc(S)cc4ccccc34)c(C(=O)O)n(C)c12. The van der Waals surface area contributed by atoms with Crippen LogP contribution in [0.1, 0.15) is 28.0 Å². The molecule has 30 heavy (non-hydrogen) atoms. The fraction of sp³-hybridized carbons (Fsp3) is 0.208. The summed E-state index contributed by atoms with van der Waals surface area (Å²) in [6.45, 7) is 2.10. The predicted octanol–water partition coefficient (Wildman–Crippen LogP) is 5.78. The van der Waals surface area contributed by atoms with E-state index in [4.69, 9.17) is 4.74 Å². The first-order valence-electron chi connectivity index (χ1n) is 9.72. The van der Waals surface area contributed by atoms with Gasteiger partial charge in [0, 0.05) is 28.3 Å². The second kappa shape index (κ2) is 8.03.